The Labute approximate surface area is 102 Å². The average Bonchev–Trinajstić information content (AvgIpc) is 2.70. The smallest absolute Gasteiger partial charge is 0.129 e. The standard InChI is InChI=1S/C12H12FNS2/c1-8(14)12-9(13)4-2-5-10(12)16-11-6-3-7-15-11/h2-8H,14H2,1H3/t8-/m1/s1. The zero-order valence-corrected chi connectivity index (χ0v) is 10.4. The Balaban J connectivity index is 2.37. The van der Waals surface area contributed by atoms with Gasteiger partial charge >= 0.3 is 0 Å². The van der Waals surface area contributed by atoms with E-state index in [4.69, 9.17) is 5.73 Å². The average molecular weight is 253 g/mol. The minimum Gasteiger partial charge on any atom is -0.324 e. The fraction of sp³-hybridized carbons (Fsp3) is 0.167. The molecule has 2 aromatic rings. The van der Waals surface area contributed by atoms with Gasteiger partial charge in [-0.15, -0.1) is 11.3 Å². The second-order valence-corrected chi connectivity index (χ2v) is 5.76. The first kappa shape index (κ1) is 11.6. The maximum absolute atomic E-state index is 13.6. The Morgan fingerprint density at radius 1 is 1.31 bits per heavy atom. The van der Waals surface area contributed by atoms with Gasteiger partial charge in [0, 0.05) is 16.5 Å². The number of halogens is 1. The summed E-state index contributed by atoms with van der Waals surface area (Å²) in [6.07, 6.45) is 0. The lowest BCUT2D eigenvalue weighted by atomic mass is 10.1. The lowest BCUT2D eigenvalue weighted by molar-refractivity contribution is 0.585. The van der Waals surface area contributed by atoms with Crippen LogP contribution in [-0.4, -0.2) is 0 Å². The van der Waals surface area contributed by atoms with E-state index in [-0.39, 0.29) is 11.9 Å². The van der Waals surface area contributed by atoms with E-state index in [1.807, 2.05) is 23.6 Å². The Bertz CT molecular complexity index is 466. The van der Waals surface area contributed by atoms with Crippen molar-refractivity contribution in [3.05, 3.63) is 47.1 Å². The van der Waals surface area contributed by atoms with Gasteiger partial charge in [-0.3, -0.25) is 0 Å². The zero-order valence-electron chi connectivity index (χ0n) is 8.81. The maximum atomic E-state index is 13.6. The van der Waals surface area contributed by atoms with Crippen molar-refractivity contribution in [1.82, 2.24) is 0 Å². The topological polar surface area (TPSA) is 26.0 Å². The third-order valence-corrected chi connectivity index (χ3v) is 4.29. The van der Waals surface area contributed by atoms with E-state index >= 15 is 0 Å². The first-order chi connectivity index (χ1) is 7.68. The highest BCUT2D eigenvalue weighted by Gasteiger charge is 2.13. The van der Waals surface area contributed by atoms with Gasteiger partial charge in [0.15, 0.2) is 0 Å². The van der Waals surface area contributed by atoms with Crippen molar-refractivity contribution in [2.24, 2.45) is 5.73 Å². The molecule has 4 heteroatoms. The Morgan fingerprint density at radius 3 is 2.75 bits per heavy atom. The van der Waals surface area contributed by atoms with E-state index in [1.54, 1.807) is 36.1 Å². The number of benzene rings is 1. The molecule has 0 bridgehead atoms. The molecule has 1 aromatic carbocycles. The molecule has 0 fully saturated rings. The van der Waals surface area contributed by atoms with Crippen LogP contribution < -0.4 is 5.73 Å². The number of nitrogens with two attached hydrogens (primary N) is 1. The first-order valence-electron chi connectivity index (χ1n) is 4.94. The lowest BCUT2D eigenvalue weighted by Gasteiger charge is -2.12. The molecule has 0 aliphatic rings. The number of thiophene rings is 1. The van der Waals surface area contributed by atoms with Crippen LogP contribution in [-0.2, 0) is 0 Å². The first-order valence-corrected chi connectivity index (χ1v) is 6.63. The molecule has 0 amide bonds. The molecule has 1 atom stereocenters. The van der Waals surface area contributed by atoms with Gasteiger partial charge in [-0.1, -0.05) is 23.9 Å². The highest BCUT2D eigenvalue weighted by atomic mass is 32.2. The van der Waals surface area contributed by atoms with Gasteiger partial charge in [-0.05, 0) is 30.5 Å². The quantitative estimate of drug-likeness (QED) is 0.892. The van der Waals surface area contributed by atoms with Gasteiger partial charge < -0.3 is 5.73 Å². The molecule has 16 heavy (non-hydrogen) atoms. The van der Waals surface area contributed by atoms with Crippen LogP contribution in [0.3, 0.4) is 0 Å². The van der Waals surface area contributed by atoms with E-state index in [0.717, 1.165) is 9.10 Å². The minimum absolute atomic E-state index is 0.225. The summed E-state index contributed by atoms with van der Waals surface area (Å²) in [5.74, 6) is -0.225. The largest absolute Gasteiger partial charge is 0.324 e. The second kappa shape index (κ2) is 4.99. The Kier molecular flexibility index (Phi) is 3.63. The molecule has 2 N–H and O–H groups in total. The van der Waals surface area contributed by atoms with Gasteiger partial charge in [0.2, 0.25) is 0 Å². The molecule has 84 valence electrons. The molecule has 2 rings (SSSR count). The molecule has 0 aliphatic carbocycles. The Morgan fingerprint density at radius 2 is 2.12 bits per heavy atom. The fourth-order valence-corrected chi connectivity index (χ4v) is 3.46. The van der Waals surface area contributed by atoms with Crippen molar-refractivity contribution < 1.29 is 4.39 Å². The summed E-state index contributed by atoms with van der Waals surface area (Å²) in [6, 6.07) is 8.80. The van der Waals surface area contributed by atoms with E-state index < -0.39 is 0 Å². The van der Waals surface area contributed by atoms with Crippen molar-refractivity contribution in [3.63, 3.8) is 0 Å². The van der Waals surface area contributed by atoms with Crippen LogP contribution in [0.15, 0.2) is 44.8 Å². The van der Waals surface area contributed by atoms with Crippen LogP contribution in [0.4, 0.5) is 4.39 Å². The normalized spacial score (nSPS) is 12.7. The molecule has 0 saturated heterocycles. The molecule has 0 spiro atoms. The van der Waals surface area contributed by atoms with Crippen LogP contribution in [0.5, 0.6) is 0 Å². The summed E-state index contributed by atoms with van der Waals surface area (Å²) in [7, 11) is 0. The van der Waals surface area contributed by atoms with Gasteiger partial charge in [-0.25, -0.2) is 4.39 Å². The summed E-state index contributed by atoms with van der Waals surface area (Å²) in [4.78, 5) is 0.900. The monoisotopic (exact) mass is 253 g/mol. The van der Waals surface area contributed by atoms with Crippen LogP contribution in [0.2, 0.25) is 0 Å². The summed E-state index contributed by atoms with van der Waals surface area (Å²) < 4.78 is 14.8. The third kappa shape index (κ3) is 2.45. The van der Waals surface area contributed by atoms with E-state index in [0.29, 0.717) is 5.56 Å². The maximum Gasteiger partial charge on any atom is 0.129 e. The third-order valence-electron chi connectivity index (χ3n) is 2.17. The van der Waals surface area contributed by atoms with Crippen LogP contribution in [0.25, 0.3) is 0 Å². The summed E-state index contributed by atoms with van der Waals surface area (Å²) in [5.41, 5.74) is 6.39. The summed E-state index contributed by atoms with van der Waals surface area (Å²) >= 11 is 3.21. The zero-order chi connectivity index (χ0) is 11.5. The summed E-state index contributed by atoms with van der Waals surface area (Å²) in [5, 5.41) is 2.01. The summed E-state index contributed by atoms with van der Waals surface area (Å²) in [6.45, 7) is 1.80. The Hall–Kier alpha value is -0.840. The van der Waals surface area contributed by atoms with Crippen molar-refractivity contribution >= 4 is 23.1 Å². The molecule has 1 nitrogen and oxygen atoms in total. The van der Waals surface area contributed by atoms with Crippen LogP contribution >= 0.6 is 23.1 Å². The molecule has 1 aromatic heterocycles. The van der Waals surface area contributed by atoms with Crippen molar-refractivity contribution in [2.75, 3.05) is 0 Å². The second-order valence-electron chi connectivity index (χ2n) is 3.47. The molecule has 0 saturated carbocycles. The highest BCUT2D eigenvalue weighted by molar-refractivity contribution is 8.01. The van der Waals surface area contributed by atoms with Gasteiger partial charge in [0.25, 0.3) is 0 Å². The van der Waals surface area contributed by atoms with E-state index in [2.05, 4.69) is 0 Å². The number of rotatable bonds is 3. The highest BCUT2D eigenvalue weighted by Crippen LogP contribution is 2.36. The number of hydrogen-bond donors (Lipinski definition) is 1. The van der Waals surface area contributed by atoms with Crippen LogP contribution in [0.1, 0.15) is 18.5 Å². The number of hydrogen-bond acceptors (Lipinski definition) is 3. The molecule has 0 aliphatic heterocycles. The SMILES string of the molecule is C[C@@H](N)c1c(F)cccc1Sc1cccs1. The molecule has 1 heterocycles. The minimum atomic E-state index is -0.288. The molecular weight excluding hydrogens is 241 g/mol. The van der Waals surface area contributed by atoms with Crippen molar-refractivity contribution in [3.8, 4) is 0 Å². The van der Waals surface area contributed by atoms with Gasteiger partial charge in [-0.2, -0.15) is 0 Å². The van der Waals surface area contributed by atoms with Gasteiger partial charge in [0.1, 0.15) is 5.82 Å². The molecular formula is C12H12FNS2. The molecule has 0 radical (unpaired) electrons. The van der Waals surface area contributed by atoms with Crippen molar-refractivity contribution in [1.29, 1.82) is 0 Å². The predicted octanol–water partition coefficient (Wildman–Crippen LogP) is 4.06. The van der Waals surface area contributed by atoms with E-state index in [9.17, 15) is 4.39 Å². The van der Waals surface area contributed by atoms with Gasteiger partial charge in [0.05, 0.1) is 4.21 Å². The fourth-order valence-electron chi connectivity index (χ4n) is 1.48. The van der Waals surface area contributed by atoms with E-state index in [1.165, 1.54) is 6.07 Å². The lowest BCUT2D eigenvalue weighted by Crippen LogP contribution is -2.08. The van der Waals surface area contributed by atoms with Crippen molar-refractivity contribution in [2.45, 2.75) is 22.1 Å². The van der Waals surface area contributed by atoms with Crippen LogP contribution in [0, 0.1) is 5.82 Å². The predicted molar refractivity (Wildman–Crippen MR) is 67.4 cm³/mol. The molecule has 0 unspecified atom stereocenters.